The Labute approximate surface area is 164 Å². The number of rotatable bonds is 9. The molecule has 1 aromatic heterocycles. The summed E-state index contributed by atoms with van der Waals surface area (Å²) in [4.78, 5) is 51.0. The van der Waals surface area contributed by atoms with Crippen LogP contribution in [0.2, 0.25) is 0 Å². The molecule has 0 aromatic carbocycles. The summed E-state index contributed by atoms with van der Waals surface area (Å²) in [6.45, 7) is 8.20. The van der Waals surface area contributed by atoms with Crippen LogP contribution < -0.4 is 5.32 Å². The van der Waals surface area contributed by atoms with Crippen LogP contribution in [0.5, 0.6) is 0 Å². The summed E-state index contributed by atoms with van der Waals surface area (Å²) >= 11 is 0. The number of methoxy groups -OCH3 is 1. The summed E-state index contributed by atoms with van der Waals surface area (Å²) in [5, 5.41) is 2.52. The van der Waals surface area contributed by atoms with E-state index in [1.54, 1.807) is 27.7 Å². The van der Waals surface area contributed by atoms with Gasteiger partial charge in [-0.25, -0.2) is 14.4 Å². The Bertz CT molecular complexity index is 739. The van der Waals surface area contributed by atoms with Crippen molar-refractivity contribution in [3.05, 3.63) is 22.5 Å². The molecule has 0 aliphatic rings. The van der Waals surface area contributed by atoms with E-state index < -0.39 is 36.5 Å². The molecule has 0 aliphatic heterocycles. The predicted octanol–water partition coefficient (Wildman–Crippen LogP) is 1.67. The number of H-pyrrole nitrogens is 1. The SMILES string of the molecule is CCOC(=O)c1[nH]c(C)c(C(=O)OCC(=O)NC(C(=O)OC)C(C)CC)c1C. The molecule has 28 heavy (non-hydrogen) atoms. The molecule has 0 radical (unpaired) electrons. The molecule has 2 N–H and O–H groups in total. The quantitative estimate of drug-likeness (QED) is 0.480. The minimum absolute atomic E-state index is 0.145. The summed E-state index contributed by atoms with van der Waals surface area (Å²) in [6.07, 6.45) is 0.651. The summed E-state index contributed by atoms with van der Waals surface area (Å²) in [5.41, 5.74) is 1.15. The van der Waals surface area contributed by atoms with Gasteiger partial charge in [-0.05, 0) is 32.3 Å². The Morgan fingerprint density at radius 1 is 1.07 bits per heavy atom. The van der Waals surface area contributed by atoms with E-state index in [-0.39, 0.29) is 23.8 Å². The van der Waals surface area contributed by atoms with Crippen LogP contribution in [-0.2, 0) is 23.8 Å². The van der Waals surface area contributed by atoms with Crippen LogP contribution in [-0.4, -0.2) is 55.2 Å². The molecule has 1 aromatic rings. The molecule has 0 aliphatic carbocycles. The first kappa shape index (κ1) is 23.2. The average molecular weight is 396 g/mol. The van der Waals surface area contributed by atoms with Crippen molar-refractivity contribution in [1.82, 2.24) is 10.3 Å². The molecule has 2 unspecified atom stereocenters. The maximum Gasteiger partial charge on any atom is 0.355 e. The maximum absolute atomic E-state index is 12.4. The Kier molecular flexibility index (Phi) is 8.69. The summed E-state index contributed by atoms with van der Waals surface area (Å²) in [6, 6.07) is -0.827. The number of esters is 3. The van der Waals surface area contributed by atoms with Gasteiger partial charge in [0.2, 0.25) is 0 Å². The normalized spacial score (nSPS) is 12.6. The van der Waals surface area contributed by atoms with E-state index in [2.05, 4.69) is 10.3 Å². The number of aromatic nitrogens is 1. The van der Waals surface area contributed by atoms with Crippen LogP contribution in [0, 0.1) is 19.8 Å². The standard InChI is InChI=1S/C19H28N2O7/c1-7-10(3)15(18(24)26-6)21-13(22)9-28-17(23)14-11(4)16(20-12(14)5)19(25)27-8-2/h10,15,20H,7-9H2,1-6H3,(H,21,22). The molecular formula is C19H28N2O7. The topological polar surface area (TPSA) is 124 Å². The largest absolute Gasteiger partial charge is 0.467 e. The van der Waals surface area contributed by atoms with Crippen molar-refractivity contribution in [1.29, 1.82) is 0 Å². The van der Waals surface area contributed by atoms with Crippen molar-refractivity contribution < 1.29 is 33.4 Å². The number of hydrogen-bond donors (Lipinski definition) is 2. The number of aryl methyl sites for hydroxylation is 1. The van der Waals surface area contributed by atoms with Gasteiger partial charge < -0.3 is 24.5 Å². The lowest BCUT2D eigenvalue weighted by Crippen LogP contribution is -2.47. The lowest BCUT2D eigenvalue weighted by Gasteiger charge is -2.21. The highest BCUT2D eigenvalue weighted by molar-refractivity contribution is 5.99. The molecule has 1 heterocycles. The number of ether oxygens (including phenoxy) is 3. The van der Waals surface area contributed by atoms with Crippen LogP contribution in [0.3, 0.4) is 0 Å². The van der Waals surface area contributed by atoms with Crippen LogP contribution in [0.15, 0.2) is 0 Å². The third kappa shape index (κ3) is 5.58. The van der Waals surface area contributed by atoms with Crippen LogP contribution in [0.4, 0.5) is 0 Å². The second-order valence-electron chi connectivity index (χ2n) is 6.38. The summed E-state index contributed by atoms with van der Waals surface area (Å²) in [5.74, 6) is -2.66. The number of amides is 1. The number of nitrogens with one attached hydrogen (secondary N) is 2. The molecule has 2 atom stereocenters. The van der Waals surface area contributed by atoms with E-state index in [0.29, 0.717) is 17.7 Å². The van der Waals surface area contributed by atoms with Crippen molar-refractivity contribution in [3.63, 3.8) is 0 Å². The van der Waals surface area contributed by atoms with Gasteiger partial charge in [-0.15, -0.1) is 0 Å². The first-order chi connectivity index (χ1) is 13.2. The van der Waals surface area contributed by atoms with Crippen molar-refractivity contribution in [2.75, 3.05) is 20.3 Å². The van der Waals surface area contributed by atoms with E-state index in [4.69, 9.17) is 14.2 Å². The van der Waals surface area contributed by atoms with Crippen LogP contribution in [0.1, 0.15) is 59.3 Å². The third-order valence-corrected chi connectivity index (χ3v) is 4.44. The van der Waals surface area contributed by atoms with E-state index in [1.165, 1.54) is 7.11 Å². The molecule has 0 fully saturated rings. The number of carbonyl (C=O) groups is 4. The Morgan fingerprint density at radius 2 is 1.71 bits per heavy atom. The Hall–Kier alpha value is -2.84. The molecule has 1 rings (SSSR count). The highest BCUT2D eigenvalue weighted by Gasteiger charge is 2.28. The van der Waals surface area contributed by atoms with Crippen molar-refractivity contribution in [3.8, 4) is 0 Å². The highest BCUT2D eigenvalue weighted by atomic mass is 16.5. The first-order valence-electron chi connectivity index (χ1n) is 9.08. The van der Waals surface area contributed by atoms with Gasteiger partial charge in [0.15, 0.2) is 6.61 Å². The van der Waals surface area contributed by atoms with Gasteiger partial charge in [-0.3, -0.25) is 4.79 Å². The molecular weight excluding hydrogens is 368 g/mol. The van der Waals surface area contributed by atoms with Crippen LogP contribution in [0.25, 0.3) is 0 Å². The summed E-state index contributed by atoms with van der Waals surface area (Å²) < 4.78 is 14.7. The Balaban J connectivity index is 2.80. The molecule has 0 saturated heterocycles. The first-order valence-corrected chi connectivity index (χ1v) is 9.08. The fourth-order valence-electron chi connectivity index (χ4n) is 2.68. The summed E-state index contributed by atoms with van der Waals surface area (Å²) in [7, 11) is 1.24. The van der Waals surface area contributed by atoms with E-state index in [0.717, 1.165) is 0 Å². The van der Waals surface area contributed by atoms with E-state index >= 15 is 0 Å². The molecule has 0 spiro atoms. The second kappa shape index (κ2) is 10.5. The zero-order valence-corrected chi connectivity index (χ0v) is 17.1. The lowest BCUT2D eigenvalue weighted by molar-refractivity contribution is -0.147. The fraction of sp³-hybridized carbons (Fsp3) is 0.579. The second-order valence-corrected chi connectivity index (χ2v) is 6.38. The minimum Gasteiger partial charge on any atom is -0.467 e. The fourth-order valence-corrected chi connectivity index (χ4v) is 2.68. The van der Waals surface area contributed by atoms with Gasteiger partial charge in [0.1, 0.15) is 11.7 Å². The molecule has 9 nitrogen and oxygen atoms in total. The zero-order valence-electron chi connectivity index (χ0n) is 17.1. The van der Waals surface area contributed by atoms with Crippen molar-refractivity contribution >= 4 is 23.8 Å². The molecule has 156 valence electrons. The van der Waals surface area contributed by atoms with Gasteiger partial charge in [0, 0.05) is 5.69 Å². The van der Waals surface area contributed by atoms with Gasteiger partial charge >= 0.3 is 17.9 Å². The number of aromatic amines is 1. The van der Waals surface area contributed by atoms with Gasteiger partial charge in [0.25, 0.3) is 5.91 Å². The smallest absolute Gasteiger partial charge is 0.355 e. The van der Waals surface area contributed by atoms with Gasteiger partial charge in [-0.2, -0.15) is 0 Å². The molecule has 1 amide bonds. The highest BCUT2D eigenvalue weighted by Crippen LogP contribution is 2.20. The van der Waals surface area contributed by atoms with Crippen molar-refractivity contribution in [2.45, 2.75) is 47.1 Å². The van der Waals surface area contributed by atoms with E-state index in [1.807, 2.05) is 6.92 Å². The third-order valence-electron chi connectivity index (χ3n) is 4.44. The van der Waals surface area contributed by atoms with Gasteiger partial charge in [-0.1, -0.05) is 20.3 Å². The van der Waals surface area contributed by atoms with Crippen molar-refractivity contribution in [2.24, 2.45) is 5.92 Å². The number of hydrogen-bond acceptors (Lipinski definition) is 7. The number of carbonyl (C=O) groups excluding carboxylic acids is 4. The van der Waals surface area contributed by atoms with Crippen LogP contribution >= 0.6 is 0 Å². The zero-order chi connectivity index (χ0) is 21.4. The van der Waals surface area contributed by atoms with Gasteiger partial charge in [0.05, 0.1) is 19.3 Å². The minimum atomic E-state index is -0.827. The predicted molar refractivity (Wildman–Crippen MR) is 99.9 cm³/mol. The Morgan fingerprint density at radius 3 is 2.25 bits per heavy atom. The maximum atomic E-state index is 12.4. The van der Waals surface area contributed by atoms with E-state index in [9.17, 15) is 19.2 Å². The average Bonchev–Trinajstić information content (AvgIpc) is 2.97. The monoisotopic (exact) mass is 396 g/mol. The molecule has 0 bridgehead atoms. The lowest BCUT2D eigenvalue weighted by atomic mass is 9.99. The molecule has 0 saturated carbocycles. The molecule has 9 heteroatoms.